The smallest absolute Gasteiger partial charge is 0.159 e. The highest BCUT2D eigenvalue weighted by molar-refractivity contribution is 6.14. The van der Waals surface area contributed by atoms with Crippen LogP contribution in [0.4, 0.5) is 17.1 Å². The minimum Gasteiger partial charge on any atom is -0.454 e. The molecule has 2 nitrogen and oxygen atoms in total. The molecule has 0 N–H and O–H groups in total. The highest BCUT2D eigenvalue weighted by Gasteiger charge is 2.46. The van der Waals surface area contributed by atoms with Crippen molar-refractivity contribution in [1.82, 2.24) is 0 Å². The molecule has 0 saturated heterocycles. The Balaban J connectivity index is 1.18. The number of hydrogen-bond acceptors (Lipinski definition) is 2. The van der Waals surface area contributed by atoms with E-state index < -0.39 is 0 Å². The van der Waals surface area contributed by atoms with Gasteiger partial charge in [-0.1, -0.05) is 156 Å². The summed E-state index contributed by atoms with van der Waals surface area (Å²) in [5.74, 6) is 0.556. The molecular weight excluding hydrogens is 655 g/mol. The van der Waals surface area contributed by atoms with Crippen molar-refractivity contribution in [3.8, 4) is 22.3 Å². The molecule has 0 aliphatic heterocycles. The Hall–Kier alpha value is -5.60. The van der Waals surface area contributed by atoms with Crippen LogP contribution in [0.15, 0.2) is 138 Å². The number of fused-ring (bicyclic) bond motifs is 12. The first-order valence-corrected chi connectivity index (χ1v) is 20.0. The Morgan fingerprint density at radius 1 is 0.500 bits per heavy atom. The molecule has 0 unspecified atom stereocenters. The highest BCUT2D eigenvalue weighted by Crippen LogP contribution is 2.61. The van der Waals surface area contributed by atoms with E-state index in [9.17, 15) is 0 Å². The van der Waals surface area contributed by atoms with Gasteiger partial charge in [-0.15, -0.1) is 0 Å². The van der Waals surface area contributed by atoms with Crippen LogP contribution in [0.25, 0.3) is 55.0 Å². The van der Waals surface area contributed by atoms with Crippen LogP contribution in [-0.4, -0.2) is 0 Å². The molecule has 0 bridgehead atoms. The third-order valence-corrected chi connectivity index (χ3v) is 13.4. The van der Waals surface area contributed by atoms with E-state index in [1.165, 1.54) is 109 Å². The van der Waals surface area contributed by atoms with Crippen LogP contribution in [0.2, 0.25) is 0 Å². The van der Waals surface area contributed by atoms with Gasteiger partial charge in [0.1, 0.15) is 5.58 Å². The highest BCUT2D eigenvalue weighted by atomic mass is 16.3. The maximum absolute atomic E-state index is 7.15. The minimum atomic E-state index is -0.225. The van der Waals surface area contributed by atoms with Crippen molar-refractivity contribution in [3.63, 3.8) is 0 Å². The van der Waals surface area contributed by atoms with Gasteiger partial charge in [-0.05, 0) is 98.5 Å². The van der Waals surface area contributed by atoms with Gasteiger partial charge in [0, 0.05) is 32.7 Å². The summed E-state index contributed by atoms with van der Waals surface area (Å²) in [4.78, 5) is 2.47. The van der Waals surface area contributed by atoms with Crippen molar-refractivity contribution in [1.29, 1.82) is 0 Å². The maximum atomic E-state index is 7.15. The average molecular weight is 700 g/mol. The van der Waals surface area contributed by atoms with Gasteiger partial charge >= 0.3 is 0 Å². The van der Waals surface area contributed by atoms with Gasteiger partial charge in [-0.25, -0.2) is 0 Å². The molecule has 1 fully saturated rings. The fourth-order valence-corrected chi connectivity index (χ4v) is 10.9. The van der Waals surface area contributed by atoms with Gasteiger partial charge in [0.25, 0.3) is 0 Å². The number of furan rings is 1. The van der Waals surface area contributed by atoms with Crippen LogP contribution < -0.4 is 4.90 Å². The Bertz CT molecular complexity index is 2810. The van der Waals surface area contributed by atoms with Crippen LogP contribution in [0.1, 0.15) is 93.5 Å². The van der Waals surface area contributed by atoms with E-state index in [1.54, 1.807) is 0 Å². The second-order valence-corrected chi connectivity index (χ2v) is 17.1. The van der Waals surface area contributed by atoms with Gasteiger partial charge in [0.05, 0.1) is 11.4 Å². The molecule has 8 aromatic rings. The molecule has 3 aliphatic carbocycles. The summed E-state index contributed by atoms with van der Waals surface area (Å²) in [6, 6.07) is 49.9. The van der Waals surface area contributed by atoms with Crippen LogP contribution in [-0.2, 0) is 10.8 Å². The lowest BCUT2D eigenvalue weighted by molar-refractivity contribution is 0.442. The first kappa shape index (κ1) is 31.9. The van der Waals surface area contributed by atoms with E-state index >= 15 is 0 Å². The Morgan fingerprint density at radius 3 is 1.94 bits per heavy atom. The third-order valence-electron chi connectivity index (χ3n) is 13.4. The topological polar surface area (TPSA) is 16.4 Å². The molecule has 264 valence electrons. The Labute approximate surface area is 318 Å². The van der Waals surface area contributed by atoms with Crippen LogP contribution >= 0.6 is 0 Å². The molecule has 1 heterocycles. The summed E-state index contributed by atoms with van der Waals surface area (Å²) in [6.45, 7) is 9.75. The van der Waals surface area contributed by atoms with Crippen molar-refractivity contribution < 1.29 is 4.42 Å². The van der Waals surface area contributed by atoms with Crippen molar-refractivity contribution >= 4 is 49.8 Å². The van der Waals surface area contributed by atoms with Crippen molar-refractivity contribution in [3.05, 3.63) is 161 Å². The number of para-hydroxylation sites is 3. The maximum Gasteiger partial charge on any atom is 0.159 e. The molecule has 3 aliphatic rings. The summed E-state index contributed by atoms with van der Waals surface area (Å²) in [7, 11) is 0. The zero-order chi connectivity index (χ0) is 36.3. The lowest BCUT2D eigenvalue weighted by Crippen LogP contribution is -2.24. The van der Waals surface area contributed by atoms with Gasteiger partial charge < -0.3 is 9.32 Å². The average Bonchev–Trinajstić information content (AvgIpc) is 3.79. The molecule has 11 rings (SSSR count). The van der Waals surface area contributed by atoms with Crippen molar-refractivity contribution in [2.45, 2.75) is 76.5 Å². The van der Waals surface area contributed by atoms with Gasteiger partial charge in [-0.3, -0.25) is 0 Å². The Kier molecular flexibility index (Phi) is 6.76. The monoisotopic (exact) mass is 699 g/mol. The van der Waals surface area contributed by atoms with E-state index in [0.717, 1.165) is 22.5 Å². The molecule has 0 atom stereocenters. The van der Waals surface area contributed by atoms with E-state index in [-0.39, 0.29) is 10.8 Å². The predicted molar refractivity (Wildman–Crippen MR) is 227 cm³/mol. The van der Waals surface area contributed by atoms with Crippen molar-refractivity contribution in [2.24, 2.45) is 0 Å². The number of nitrogens with zero attached hydrogens (tertiary/aromatic N) is 1. The minimum absolute atomic E-state index is 0.0985. The van der Waals surface area contributed by atoms with Crippen LogP contribution in [0.5, 0.6) is 0 Å². The quantitative estimate of drug-likeness (QED) is 0.182. The lowest BCUT2D eigenvalue weighted by atomic mass is 9.72. The van der Waals surface area contributed by atoms with E-state index in [1.807, 2.05) is 0 Å². The van der Waals surface area contributed by atoms with E-state index in [4.69, 9.17) is 4.42 Å². The number of hydrogen-bond donors (Lipinski definition) is 0. The zero-order valence-corrected chi connectivity index (χ0v) is 31.7. The van der Waals surface area contributed by atoms with Gasteiger partial charge in [-0.2, -0.15) is 0 Å². The van der Waals surface area contributed by atoms with Gasteiger partial charge in [0.2, 0.25) is 0 Å². The number of rotatable bonds is 4. The normalized spacial score (nSPS) is 16.7. The molecular formula is C52H45NO. The molecule has 0 spiro atoms. The van der Waals surface area contributed by atoms with Crippen LogP contribution in [0.3, 0.4) is 0 Å². The van der Waals surface area contributed by atoms with Gasteiger partial charge in [0.15, 0.2) is 5.58 Å². The molecule has 0 radical (unpaired) electrons. The molecule has 1 aromatic heterocycles. The zero-order valence-electron chi connectivity index (χ0n) is 31.7. The third kappa shape index (κ3) is 4.28. The first-order valence-electron chi connectivity index (χ1n) is 20.0. The van der Waals surface area contributed by atoms with Crippen LogP contribution in [0, 0.1) is 0 Å². The summed E-state index contributed by atoms with van der Waals surface area (Å²) in [5, 5.41) is 4.93. The van der Waals surface area contributed by atoms with E-state index in [2.05, 4.69) is 166 Å². The predicted octanol–water partition coefficient (Wildman–Crippen LogP) is 14.9. The Morgan fingerprint density at radius 2 is 1.13 bits per heavy atom. The second kappa shape index (κ2) is 11.5. The first-order chi connectivity index (χ1) is 26.3. The molecule has 2 heteroatoms. The van der Waals surface area contributed by atoms with E-state index in [0.29, 0.717) is 5.92 Å². The molecule has 7 aromatic carbocycles. The summed E-state index contributed by atoms with van der Waals surface area (Å²) in [6.07, 6.45) is 6.42. The molecule has 54 heavy (non-hydrogen) atoms. The van der Waals surface area contributed by atoms with Crippen molar-refractivity contribution in [2.75, 3.05) is 4.90 Å². The lowest BCUT2D eigenvalue weighted by Gasteiger charge is -2.32. The number of anilines is 3. The summed E-state index contributed by atoms with van der Waals surface area (Å²) < 4.78 is 7.15. The fraction of sp³-hybridized carbons (Fsp3) is 0.231. The second-order valence-electron chi connectivity index (χ2n) is 17.1. The largest absolute Gasteiger partial charge is 0.454 e. The fourth-order valence-electron chi connectivity index (χ4n) is 10.9. The molecule has 1 saturated carbocycles. The number of benzene rings is 7. The standard InChI is InChI=1S/C52H45NO/c1-51(2)42-27-14-13-21-35(42)38-29-30-41-46-37-23-12-11-22-36(37)45(31-43(46)52(3,4)48(41)47(38)51)53(33-19-9-6-10-20-33)44-28-16-26-40-39-25-15-24-34(49(39)54-50(40)44)32-17-7-5-8-18-32/h6,9-16,19-32H,5,7-8,17-18H2,1-4H3. The molecule has 0 amide bonds. The summed E-state index contributed by atoms with van der Waals surface area (Å²) in [5.41, 5.74) is 17.7. The SMILES string of the molecule is CC1(C)c2ccccc2-c2ccc3c(c21)C(C)(C)c1cc(N(c2ccccc2)c2cccc4c2oc2c(C5CCCCC5)cccc24)c2ccccc2c1-3. The summed E-state index contributed by atoms with van der Waals surface area (Å²) >= 11 is 0.